The molecule has 6 nitrogen and oxygen atoms in total. The van der Waals surface area contributed by atoms with E-state index in [0.29, 0.717) is 28.9 Å². The van der Waals surface area contributed by atoms with E-state index in [9.17, 15) is 0 Å². The number of oxazole rings is 1. The zero-order valence-corrected chi connectivity index (χ0v) is 29.9. The van der Waals surface area contributed by atoms with E-state index in [-0.39, 0.29) is 0 Å². The largest absolute Gasteiger partial charge is 0.456 e. The minimum Gasteiger partial charge on any atom is -0.456 e. The summed E-state index contributed by atoms with van der Waals surface area (Å²) in [6.45, 7) is 0. The zero-order valence-electron chi connectivity index (χ0n) is 29.9. The van der Waals surface area contributed by atoms with E-state index in [1.54, 1.807) is 0 Å². The van der Waals surface area contributed by atoms with Gasteiger partial charge in [-0.15, -0.1) is 0 Å². The number of nitrogens with zero attached hydrogens (tertiary/aromatic N) is 4. The summed E-state index contributed by atoms with van der Waals surface area (Å²) in [7, 11) is 0. The molecule has 3 aromatic heterocycles. The van der Waals surface area contributed by atoms with Crippen molar-refractivity contribution < 1.29 is 8.83 Å². The first-order chi connectivity index (χ1) is 27.7. The molecule has 262 valence electrons. The predicted octanol–water partition coefficient (Wildman–Crippen LogP) is 13.1. The lowest BCUT2D eigenvalue weighted by molar-refractivity contribution is 0.617. The van der Waals surface area contributed by atoms with Crippen LogP contribution in [0.4, 0.5) is 0 Å². The molecule has 0 fully saturated rings. The van der Waals surface area contributed by atoms with Gasteiger partial charge in [-0.1, -0.05) is 152 Å². The fraction of sp³-hybridized carbons (Fsp3) is 0. The third kappa shape index (κ3) is 5.43. The molecular weight excluding hydrogens is 689 g/mol. The van der Waals surface area contributed by atoms with Crippen LogP contribution in [-0.2, 0) is 0 Å². The van der Waals surface area contributed by atoms with Crippen LogP contribution in [0.2, 0.25) is 0 Å². The molecule has 0 saturated carbocycles. The van der Waals surface area contributed by atoms with Crippen LogP contribution in [0.3, 0.4) is 0 Å². The van der Waals surface area contributed by atoms with Crippen LogP contribution < -0.4 is 0 Å². The Bertz CT molecular complexity index is 3170. The standard InChI is InChI=1S/C50H30N4O2/c1-4-13-32(14-5-1)47-52-48(33-15-6-2-7-16-33)54-49(53-47)34-25-23-31(24-26-34)36-27-28-39(38-20-11-10-19-37(36)38)40-21-12-22-43-46(40)41-29-42-45(30-44(41)55-43)56-50(51-42)35-17-8-3-9-18-35/h1-30H. The first-order valence-electron chi connectivity index (χ1n) is 18.5. The van der Waals surface area contributed by atoms with Crippen LogP contribution in [0.5, 0.6) is 0 Å². The minimum atomic E-state index is 0.592. The highest BCUT2D eigenvalue weighted by Gasteiger charge is 2.19. The molecule has 0 unspecified atom stereocenters. The third-order valence-electron chi connectivity index (χ3n) is 10.4. The molecule has 0 saturated heterocycles. The second-order valence-corrected chi connectivity index (χ2v) is 13.8. The fourth-order valence-electron chi connectivity index (χ4n) is 7.70. The number of aromatic nitrogens is 4. The Labute approximate surface area is 321 Å². The number of hydrogen-bond donors (Lipinski definition) is 0. The number of hydrogen-bond acceptors (Lipinski definition) is 6. The molecule has 6 heteroatoms. The van der Waals surface area contributed by atoms with Gasteiger partial charge in [0.2, 0.25) is 5.89 Å². The molecule has 0 aliphatic heterocycles. The van der Waals surface area contributed by atoms with Crippen molar-refractivity contribution in [3.8, 4) is 67.9 Å². The molecule has 0 atom stereocenters. The molecule has 0 aliphatic carbocycles. The Morgan fingerprint density at radius 2 is 0.839 bits per heavy atom. The number of fused-ring (bicyclic) bond motifs is 5. The van der Waals surface area contributed by atoms with Crippen molar-refractivity contribution in [3.05, 3.63) is 182 Å². The lowest BCUT2D eigenvalue weighted by Crippen LogP contribution is -2.00. The molecule has 0 aliphatic rings. The van der Waals surface area contributed by atoms with Crippen LogP contribution in [0.15, 0.2) is 191 Å². The monoisotopic (exact) mass is 718 g/mol. The number of benzene rings is 8. The normalized spacial score (nSPS) is 11.6. The van der Waals surface area contributed by atoms with Gasteiger partial charge in [0.1, 0.15) is 16.7 Å². The molecule has 3 heterocycles. The van der Waals surface area contributed by atoms with Crippen molar-refractivity contribution in [1.29, 1.82) is 0 Å². The van der Waals surface area contributed by atoms with Gasteiger partial charge in [-0.05, 0) is 57.3 Å². The highest BCUT2D eigenvalue weighted by atomic mass is 16.4. The van der Waals surface area contributed by atoms with Crippen LogP contribution in [0, 0.1) is 0 Å². The smallest absolute Gasteiger partial charge is 0.227 e. The summed E-state index contributed by atoms with van der Waals surface area (Å²) >= 11 is 0. The van der Waals surface area contributed by atoms with Gasteiger partial charge in [0.05, 0.1) is 0 Å². The minimum absolute atomic E-state index is 0.592. The summed E-state index contributed by atoms with van der Waals surface area (Å²) in [6.07, 6.45) is 0. The first kappa shape index (κ1) is 31.8. The van der Waals surface area contributed by atoms with Gasteiger partial charge in [0.15, 0.2) is 23.1 Å². The Kier molecular flexibility index (Phi) is 7.38. The Morgan fingerprint density at radius 3 is 1.48 bits per heavy atom. The van der Waals surface area contributed by atoms with Gasteiger partial charge in [-0.3, -0.25) is 0 Å². The quantitative estimate of drug-likeness (QED) is 0.170. The number of furan rings is 1. The predicted molar refractivity (Wildman–Crippen MR) is 225 cm³/mol. The molecule has 0 amide bonds. The van der Waals surface area contributed by atoms with Gasteiger partial charge in [-0.2, -0.15) is 0 Å². The van der Waals surface area contributed by atoms with Crippen LogP contribution in [0.25, 0.3) is 112 Å². The highest BCUT2D eigenvalue weighted by molar-refractivity contribution is 6.18. The Hall–Kier alpha value is -7.70. The number of rotatable bonds is 6. The SMILES string of the molecule is c1ccc(-c2nc(-c3ccccc3)nc(-c3ccc(-c4ccc(-c5cccc6oc7cc8oc(-c9ccccc9)nc8cc7c56)c5ccccc45)cc3)n2)cc1. The van der Waals surface area contributed by atoms with E-state index >= 15 is 0 Å². The Morgan fingerprint density at radius 1 is 0.304 bits per heavy atom. The van der Waals surface area contributed by atoms with E-state index in [1.165, 1.54) is 0 Å². The van der Waals surface area contributed by atoms with Crippen LogP contribution in [-0.4, -0.2) is 19.9 Å². The van der Waals surface area contributed by atoms with Gasteiger partial charge < -0.3 is 8.83 Å². The van der Waals surface area contributed by atoms with Crippen molar-refractivity contribution >= 4 is 43.8 Å². The molecule has 0 bridgehead atoms. The zero-order chi connectivity index (χ0) is 37.0. The highest BCUT2D eigenvalue weighted by Crippen LogP contribution is 2.43. The Balaban J connectivity index is 1.00. The molecule has 0 N–H and O–H groups in total. The summed E-state index contributed by atoms with van der Waals surface area (Å²) in [4.78, 5) is 19.6. The van der Waals surface area contributed by atoms with Crippen molar-refractivity contribution in [2.24, 2.45) is 0 Å². The molecule has 0 radical (unpaired) electrons. The average molecular weight is 719 g/mol. The topological polar surface area (TPSA) is 77.8 Å². The molecular formula is C50H30N4O2. The summed E-state index contributed by atoms with van der Waals surface area (Å²) in [5.41, 5.74) is 11.3. The molecule has 11 rings (SSSR count). The lowest BCUT2D eigenvalue weighted by Gasteiger charge is -2.13. The second kappa shape index (κ2) is 13.0. The molecule has 8 aromatic carbocycles. The van der Waals surface area contributed by atoms with Crippen molar-refractivity contribution in [1.82, 2.24) is 19.9 Å². The van der Waals surface area contributed by atoms with E-state index in [1.807, 2.05) is 103 Å². The van der Waals surface area contributed by atoms with E-state index < -0.39 is 0 Å². The summed E-state index contributed by atoms with van der Waals surface area (Å²) in [6, 6.07) is 61.9. The lowest BCUT2D eigenvalue weighted by atomic mass is 9.90. The maximum Gasteiger partial charge on any atom is 0.227 e. The van der Waals surface area contributed by atoms with Gasteiger partial charge in [0.25, 0.3) is 0 Å². The summed E-state index contributed by atoms with van der Waals surface area (Å²) < 4.78 is 12.6. The van der Waals surface area contributed by atoms with Crippen LogP contribution in [0.1, 0.15) is 0 Å². The second-order valence-electron chi connectivity index (χ2n) is 13.8. The summed E-state index contributed by atoms with van der Waals surface area (Å²) in [5, 5.41) is 4.37. The maximum absolute atomic E-state index is 6.45. The van der Waals surface area contributed by atoms with Crippen LogP contribution >= 0.6 is 0 Å². The van der Waals surface area contributed by atoms with E-state index in [4.69, 9.17) is 28.8 Å². The van der Waals surface area contributed by atoms with Gasteiger partial charge in [0, 0.05) is 39.1 Å². The maximum atomic E-state index is 6.45. The summed E-state index contributed by atoms with van der Waals surface area (Å²) in [5.74, 6) is 2.50. The van der Waals surface area contributed by atoms with E-state index in [0.717, 1.165) is 82.7 Å². The van der Waals surface area contributed by atoms with Crippen molar-refractivity contribution in [2.45, 2.75) is 0 Å². The van der Waals surface area contributed by atoms with Gasteiger partial charge >= 0.3 is 0 Å². The molecule has 11 aromatic rings. The van der Waals surface area contributed by atoms with E-state index in [2.05, 4.69) is 78.9 Å². The van der Waals surface area contributed by atoms with Gasteiger partial charge in [-0.25, -0.2) is 19.9 Å². The molecule has 0 spiro atoms. The average Bonchev–Trinajstić information content (AvgIpc) is 3.87. The van der Waals surface area contributed by atoms with Crippen molar-refractivity contribution in [2.75, 3.05) is 0 Å². The molecule has 56 heavy (non-hydrogen) atoms. The van der Waals surface area contributed by atoms with Crippen molar-refractivity contribution in [3.63, 3.8) is 0 Å². The first-order valence-corrected chi connectivity index (χ1v) is 18.5. The third-order valence-corrected chi connectivity index (χ3v) is 10.4. The fourth-order valence-corrected chi connectivity index (χ4v) is 7.70.